The van der Waals surface area contributed by atoms with E-state index in [9.17, 15) is 18.0 Å². The molecule has 4 rings (SSSR count). The molecule has 6 nitrogen and oxygen atoms in total. The van der Waals surface area contributed by atoms with Crippen LogP contribution >= 0.6 is 11.3 Å². The Bertz CT molecular complexity index is 1300. The van der Waals surface area contributed by atoms with E-state index in [4.69, 9.17) is 14.7 Å². The van der Waals surface area contributed by atoms with Gasteiger partial charge in [0.15, 0.2) is 13.2 Å². The van der Waals surface area contributed by atoms with Gasteiger partial charge in [-0.15, -0.1) is 11.3 Å². The number of rotatable bonds is 9. The number of carboxylic acids is 1. The van der Waals surface area contributed by atoms with E-state index in [0.717, 1.165) is 65.2 Å². The molecular weight excluding hydrogens is 517 g/mol. The van der Waals surface area contributed by atoms with Gasteiger partial charge in [0.2, 0.25) is 0 Å². The molecule has 202 valence electrons. The summed E-state index contributed by atoms with van der Waals surface area (Å²) in [4.78, 5) is 22.1. The van der Waals surface area contributed by atoms with Crippen LogP contribution in [0.25, 0.3) is 10.6 Å². The largest absolute Gasteiger partial charge is 0.482 e. The topological polar surface area (TPSA) is 81.0 Å². The lowest BCUT2D eigenvalue weighted by Gasteiger charge is -2.23. The molecule has 1 fully saturated rings. The number of ether oxygens (including phenoxy) is 1. The molecule has 0 amide bonds. The molecule has 0 spiro atoms. The Kier molecular flexibility index (Phi) is 8.71. The molecule has 1 aliphatic carbocycles. The number of benzene rings is 2. The minimum Gasteiger partial charge on any atom is -0.482 e. The number of aliphatic carboxylic acids is 1. The quantitative estimate of drug-likeness (QED) is 0.223. The van der Waals surface area contributed by atoms with Gasteiger partial charge in [-0.25, -0.2) is 9.78 Å². The SMILES string of the molecule is Cc1cc(/C(=N\OCc2sc(-c3ccc(C(F)(F)F)cc3)nc2C)C2CCCCC2)ccc1OCC(=O)O. The molecule has 1 heterocycles. The maximum Gasteiger partial charge on any atom is 0.416 e. The first-order valence-corrected chi connectivity index (χ1v) is 13.2. The third kappa shape index (κ3) is 6.92. The van der Waals surface area contributed by atoms with E-state index in [0.29, 0.717) is 16.3 Å². The summed E-state index contributed by atoms with van der Waals surface area (Å²) >= 11 is 1.37. The molecular formula is C28H29F3N2O4S. The van der Waals surface area contributed by atoms with Crippen molar-refractivity contribution in [3.8, 4) is 16.3 Å². The predicted octanol–water partition coefficient (Wildman–Crippen LogP) is 7.41. The smallest absolute Gasteiger partial charge is 0.416 e. The number of oxime groups is 1. The Morgan fingerprint density at radius 1 is 1.11 bits per heavy atom. The van der Waals surface area contributed by atoms with Gasteiger partial charge in [0, 0.05) is 17.0 Å². The average Bonchev–Trinajstić information content (AvgIpc) is 3.26. The molecule has 3 aromatic rings. The van der Waals surface area contributed by atoms with E-state index in [1.807, 2.05) is 26.0 Å². The number of hydrogen-bond acceptors (Lipinski definition) is 6. The lowest BCUT2D eigenvalue weighted by molar-refractivity contribution is -0.139. The lowest BCUT2D eigenvalue weighted by Crippen LogP contribution is -2.20. The number of alkyl halides is 3. The molecule has 1 aromatic heterocycles. The molecule has 0 atom stereocenters. The molecule has 0 aliphatic heterocycles. The van der Waals surface area contributed by atoms with Crippen molar-refractivity contribution in [2.75, 3.05) is 6.61 Å². The molecule has 0 saturated heterocycles. The molecule has 1 N–H and O–H groups in total. The highest BCUT2D eigenvalue weighted by molar-refractivity contribution is 7.15. The monoisotopic (exact) mass is 546 g/mol. The number of carbonyl (C=O) groups is 1. The van der Waals surface area contributed by atoms with Gasteiger partial charge in [0.05, 0.1) is 21.8 Å². The minimum atomic E-state index is -4.38. The summed E-state index contributed by atoms with van der Waals surface area (Å²) in [6, 6.07) is 10.5. The Labute approximate surface area is 223 Å². The van der Waals surface area contributed by atoms with Crippen molar-refractivity contribution in [3.63, 3.8) is 0 Å². The maximum absolute atomic E-state index is 12.9. The highest BCUT2D eigenvalue weighted by Gasteiger charge is 2.30. The molecule has 10 heteroatoms. The van der Waals surface area contributed by atoms with Crippen molar-refractivity contribution in [1.82, 2.24) is 4.98 Å². The fraction of sp³-hybridized carbons (Fsp3) is 0.393. The van der Waals surface area contributed by atoms with E-state index in [1.54, 1.807) is 6.07 Å². The minimum absolute atomic E-state index is 0.194. The van der Waals surface area contributed by atoms with Gasteiger partial charge in [-0.05, 0) is 62.6 Å². The number of aryl methyl sites for hydroxylation is 2. The lowest BCUT2D eigenvalue weighted by atomic mass is 9.83. The second-order valence-corrected chi connectivity index (χ2v) is 10.4. The zero-order chi connectivity index (χ0) is 27.3. The summed E-state index contributed by atoms with van der Waals surface area (Å²) < 4.78 is 44.0. The van der Waals surface area contributed by atoms with E-state index in [2.05, 4.69) is 10.1 Å². The summed E-state index contributed by atoms with van der Waals surface area (Å²) in [6.45, 7) is 3.49. The van der Waals surface area contributed by atoms with Crippen molar-refractivity contribution in [3.05, 3.63) is 69.7 Å². The van der Waals surface area contributed by atoms with Crippen LogP contribution in [0.1, 0.15) is 59.4 Å². The zero-order valence-corrected chi connectivity index (χ0v) is 22.0. The van der Waals surface area contributed by atoms with Gasteiger partial charge in [-0.3, -0.25) is 0 Å². The molecule has 0 unspecified atom stereocenters. The third-order valence-corrected chi connectivity index (χ3v) is 7.70. The summed E-state index contributed by atoms with van der Waals surface area (Å²) in [5.41, 5.74) is 3.23. The molecule has 1 aliphatic rings. The van der Waals surface area contributed by atoms with Crippen LogP contribution in [0, 0.1) is 19.8 Å². The summed E-state index contributed by atoms with van der Waals surface area (Å²) in [7, 11) is 0. The molecule has 38 heavy (non-hydrogen) atoms. The predicted molar refractivity (Wildman–Crippen MR) is 139 cm³/mol. The number of halogens is 3. The molecule has 1 saturated carbocycles. The van der Waals surface area contributed by atoms with Gasteiger partial charge in [0.1, 0.15) is 10.8 Å². The highest BCUT2D eigenvalue weighted by atomic mass is 32.1. The van der Waals surface area contributed by atoms with Crippen LogP contribution < -0.4 is 4.74 Å². The van der Waals surface area contributed by atoms with Crippen molar-refractivity contribution in [2.24, 2.45) is 11.1 Å². The van der Waals surface area contributed by atoms with Gasteiger partial charge < -0.3 is 14.7 Å². The van der Waals surface area contributed by atoms with Gasteiger partial charge in [-0.2, -0.15) is 13.2 Å². The van der Waals surface area contributed by atoms with Crippen LogP contribution in [0.15, 0.2) is 47.6 Å². The van der Waals surface area contributed by atoms with E-state index in [1.165, 1.54) is 29.9 Å². The van der Waals surface area contributed by atoms with Crippen molar-refractivity contribution >= 4 is 23.0 Å². The van der Waals surface area contributed by atoms with Crippen LogP contribution in [0.4, 0.5) is 13.2 Å². The molecule has 2 aromatic carbocycles. The van der Waals surface area contributed by atoms with Crippen LogP contribution in [0.5, 0.6) is 5.75 Å². The first-order chi connectivity index (χ1) is 18.1. The standard InChI is InChI=1S/C28H29F3N2O4S/c1-17-14-21(10-13-23(17)36-16-25(34)35)26(19-6-4-3-5-7-19)33-37-15-24-18(2)32-27(38-24)20-8-11-22(12-9-20)28(29,30)31/h8-14,19H,3-7,15-16H2,1-2H3,(H,34,35)/b33-26-. The highest BCUT2D eigenvalue weighted by Crippen LogP contribution is 2.34. The second-order valence-electron chi connectivity index (χ2n) is 9.35. The van der Waals surface area contributed by atoms with E-state index in [-0.39, 0.29) is 12.5 Å². The van der Waals surface area contributed by atoms with Crippen LogP contribution in [-0.4, -0.2) is 28.4 Å². The van der Waals surface area contributed by atoms with Crippen LogP contribution in [-0.2, 0) is 22.4 Å². The Morgan fingerprint density at radius 3 is 2.45 bits per heavy atom. The maximum atomic E-state index is 12.9. The van der Waals surface area contributed by atoms with Gasteiger partial charge >= 0.3 is 12.1 Å². The first-order valence-electron chi connectivity index (χ1n) is 12.4. The number of nitrogens with zero attached hydrogens (tertiary/aromatic N) is 2. The number of carboxylic acid groups (broad SMARTS) is 1. The third-order valence-electron chi connectivity index (χ3n) is 6.52. The summed E-state index contributed by atoms with van der Waals surface area (Å²) in [5, 5.41) is 14.1. The van der Waals surface area contributed by atoms with Gasteiger partial charge in [-0.1, -0.05) is 36.6 Å². The van der Waals surface area contributed by atoms with E-state index >= 15 is 0 Å². The Morgan fingerprint density at radius 2 is 1.82 bits per heavy atom. The number of hydrogen-bond donors (Lipinski definition) is 1. The first kappa shape index (κ1) is 27.6. The molecule has 0 bridgehead atoms. The van der Waals surface area contributed by atoms with Crippen molar-refractivity contribution < 1.29 is 32.6 Å². The fourth-order valence-corrected chi connectivity index (χ4v) is 5.47. The molecule has 0 radical (unpaired) electrons. The average molecular weight is 547 g/mol. The van der Waals surface area contributed by atoms with Crippen LogP contribution in [0.3, 0.4) is 0 Å². The normalized spacial score (nSPS) is 14.9. The van der Waals surface area contributed by atoms with Crippen LogP contribution in [0.2, 0.25) is 0 Å². The Balaban J connectivity index is 1.51. The van der Waals surface area contributed by atoms with E-state index < -0.39 is 24.3 Å². The summed E-state index contributed by atoms with van der Waals surface area (Å²) in [5.74, 6) is -0.276. The van der Waals surface area contributed by atoms with Crippen molar-refractivity contribution in [2.45, 2.75) is 58.7 Å². The fourth-order valence-electron chi connectivity index (χ4n) is 4.50. The Hall–Kier alpha value is -3.40. The van der Waals surface area contributed by atoms with Gasteiger partial charge in [0.25, 0.3) is 0 Å². The number of aromatic nitrogens is 1. The zero-order valence-electron chi connectivity index (χ0n) is 21.2. The van der Waals surface area contributed by atoms with Crippen molar-refractivity contribution in [1.29, 1.82) is 0 Å². The number of thiazole rings is 1. The summed E-state index contributed by atoms with van der Waals surface area (Å²) in [6.07, 6.45) is 1.07. The second kappa shape index (κ2) is 12.0.